The van der Waals surface area contributed by atoms with Gasteiger partial charge in [0.25, 0.3) is 0 Å². The molecular weight excluding hydrogens is 356 g/mol. The number of carbonyl (C=O) groups excluding carboxylic acids is 1. The third-order valence-corrected chi connectivity index (χ3v) is 4.45. The molecule has 28 heavy (non-hydrogen) atoms. The van der Waals surface area contributed by atoms with Gasteiger partial charge in [-0.25, -0.2) is 9.59 Å². The number of carbonyl (C=O) groups is 1. The van der Waals surface area contributed by atoms with Crippen molar-refractivity contribution in [2.45, 2.75) is 13.0 Å². The lowest BCUT2D eigenvalue weighted by molar-refractivity contribution is -0.151. The summed E-state index contributed by atoms with van der Waals surface area (Å²) in [5, 5.41) is 2.14. The fourth-order valence-electron chi connectivity index (χ4n) is 3.17. The van der Waals surface area contributed by atoms with Crippen molar-refractivity contribution >= 4 is 27.7 Å². The molecule has 1 atom stereocenters. The van der Waals surface area contributed by atoms with Crippen LogP contribution in [0.5, 0.6) is 5.75 Å². The van der Waals surface area contributed by atoms with E-state index in [2.05, 4.69) is 0 Å². The number of ether oxygens (including phenoxy) is 2. The van der Waals surface area contributed by atoms with Crippen LogP contribution in [0.4, 0.5) is 0 Å². The second-order valence-electron chi connectivity index (χ2n) is 6.25. The van der Waals surface area contributed by atoms with Crippen LogP contribution in [0, 0.1) is 0 Å². The summed E-state index contributed by atoms with van der Waals surface area (Å²) < 4.78 is 16.6. The minimum absolute atomic E-state index is 0.254. The van der Waals surface area contributed by atoms with Crippen LogP contribution < -0.4 is 10.4 Å². The Bertz CT molecular complexity index is 1190. The number of esters is 1. The van der Waals surface area contributed by atoms with Gasteiger partial charge in [0.2, 0.25) is 6.10 Å². The van der Waals surface area contributed by atoms with E-state index in [4.69, 9.17) is 13.9 Å². The summed E-state index contributed by atoms with van der Waals surface area (Å²) in [5.74, 6) is -0.0680. The standard InChI is InChI=1S/C23H18O5/c1-2-26-23(25)21(15-8-4-3-5-9-15)27-16-12-13-18-17-10-6-7-11-19(17)22(24)28-20(18)14-16/h3-14,21H,2H2,1H3/t21-/m1/s1. The molecule has 4 aromatic rings. The van der Waals surface area contributed by atoms with Crippen molar-refractivity contribution in [3.8, 4) is 5.75 Å². The van der Waals surface area contributed by atoms with Crippen LogP contribution in [0.3, 0.4) is 0 Å². The van der Waals surface area contributed by atoms with Crippen LogP contribution in [0.1, 0.15) is 18.6 Å². The monoisotopic (exact) mass is 374 g/mol. The third kappa shape index (κ3) is 3.34. The Balaban J connectivity index is 1.76. The number of hydrogen-bond acceptors (Lipinski definition) is 5. The van der Waals surface area contributed by atoms with Crippen molar-refractivity contribution in [2.24, 2.45) is 0 Å². The molecular formula is C23H18O5. The normalized spacial score (nSPS) is 12.0. The molecule has 0 spiro atoms. The third-order valence-electron chi connectivity index (χ3n) is 4.45. The molecule has 0 aliphatic carbocycles. The second kappa shape index (κ2) is 7.56. The van der Waals surface area contributed by atoms with E-state index < -0.39 is 17.7 Å². The van der Waals surface area contributed by atoms with E-state index in [0.29, 0.717) is 22.3 Å². The molecule has 5 nitrogen and oxygen atoms in total. The van der Waals surface area contributed by atoms with E-state index in [9.17, 15) is 9.59 Å². The summed E-state index contributed by atoms with van der Waals surface area (Å²) in [4.78, 5) is 24.7. The molecule has 0 aliphatic rings. The number of fused-ring (bicyclic) bond motifs is 3. The molecule has 0 saturated carbocycles. The molecule has 0 amide bonds. The molecule has 0 radical (unpaired) electrons. The molecule has 1 heterocycles. The first-order valence-electron chi connectivity index (χ1n) is 9.01. The second-order valence-corrected chi connectivity index (χ2v) is 6.25. The molecule has 140 valence electrons. The Labute approximate surface area is 161 Å². The first-order chi connectivity index (χ1) is 13.7. The van der Waals surface area contributed by atoms with Crippen LogP contribution in [-0.2, 0) is 9.53 Å². The van der Waals surface area contributed by atoms with Gasteiger partial charge >= 0.3 is 11.6 Å². The highest BCUT2D eigenvalue weighted by Gasteiger charge is 2.24. The van der Waals surface area contributed by atoms with Crippen molar-refractivity contribution < 1.29 is 18.7 Å². The minimum Gasteiger partial charge on any atom is -0.474 e. The average Bonchev–Trinajstić information content (AvgIpc) is 2.73. The zero-order chi connectivity index (χ0) is 19.5. The predicted molar refractivity (Wildman–Crippen MR) is 106 cm³/mol. The first-order valence-corrected chi connectivity index (χ1v) is 9.01. The maximum absolute atomic E-state index is 12.4. The van der Waals surface area contributed by atoms with Crippen molar-refractivity contribution in [2.75, 3.05) is 6.61 Å². The quantitative estimate of drug-likeness (QED) is 0.289. The summed E-state index contributed by atoms with van der Waals surface area (Å²) in [6, 6.07) is 21.6. The van der Waals surface area contributed by atoms with Crippen molar-refractivity contribution in [3.05, 3.63) is 88.8 Å². The van der Waals surface area contributed by atoms with E-state index >= 15 is 0 Å². The Morgan fingerprint density at radius 3 is 2.39 bits per heavy atom. The fourth-order valence-corrected chi connectivity index (χ4v) is 3.17. The Hall–Kier alpha value is -3.60. The maximum Gasteiger partial charge on any atom is 0.352 e. The summed E-state index contributed by atoms with van der Waals surface area (Å²) in [5.41, 5.74) is 0.670. The molecule has 0 bridgehead atoms. The zero-order valence-electron chi connectivity index (χ0n) is 15.3. The minimum atomic E-state index is -0.911. The lowest BCUT2D eigenvalue weighted by atomic mass is 10.1. The van der Waals surface area contributed by atoms with Gasteiger partial charge in [0.1, 0.15) is 11.3 Å². The molecule has 0 fully saturated rings. The molecule has 0 N–H and O–H groups in total. The smallest absolute Gasteiger partial charge is 0.352 e. The summed E-state index contributed by atoms with van der Waals surface area (Å²) >= 11 is 0. The Morgan fingerprint density at radius 2 is 1.64 bits per heavy atom. The van der Waals surface area contributed by atoms with Crippen LogP contribution in [0.15, 0.2) is 82.0 Å². The van der Waals surface area contributed by atoms with Gasteiger partial charge in [0, 0.05) is 17.0 Å². The predicted octanol–water partition coefficient (Wildman–Crippen LogP) is 4.63. The van der Waals surface area contributed by atoms with Crippen molar-refractivity contribution in [3.63, 3.8) is 0 Å². The SMILES string of the molecule is CCOC(=O)[C@H](Oc1ccc2c(c1)oc(=O)c1ccccc12)c1ccccc1. The van der Waals surface area contributed by atoms with Crippen LogP contribution in [-0.4, -0.2) is 12.6 Å². The van der Waals surface area contributed by atoms with Crippen LogP contribution in [0.2, 0.25) is 0 Å². The zero-order valence-corrected chi connectivity index (χ0v) is 15.3. The van der Waals surface area contributed by atoms with Gasteiger partial charge in [0.15, 0.2) is 0 Å². The number of benzene rings is 3. The highest BCUT2D eigenvalue weighted by atomic mass is 16.6. The lowest BCUT2D eigenvalue weighted by Crippen LogP contribution is -2.21. The molecule has 0 aliphatic heterocycles. The van der Waals surface area contributed by atoms with Gasteiger partial charge in [-0.15, -0.1) is 0 Å². The molecule has 0 saturated heterocycles. The molecule has 0 unspecified atom stereocenters. The first kappa shape index (κ1) is 17.8. The fraction of sp³-hybridized carbons (Fsp3) is 0.130. The highest BCUT2D eigenvalue weighted by Crippen LogP contribution is 2.29. The molecule has 4 rings (SSSR count). The Morgan fingerprint density at radius 1 is 0.929 bits per heavy atom. The topological polar surface area (TPSA) is 65.7 Å². The average molecular weight is 374 g/mol. The van der Waals surface area contributed by atoms with Crippen LogP contribution >= 0.6 is 0 Å². The molecule has 5 heteroatoms. The number of hydrogen-bond donors (Lipinski definition) is 0. The van der Waals surface area contributed by atoms with E-state index in [0.717, 1.165) is 10.8 Å². The lowest BCUT2D eigenvalue weighted by Gasteiger charge is -2.18. The van der Waals surface area contributed by atoms with Gasteiger partial charge < -0.3 is 13.9 Å². The number of rotatable bonds is 5. The van der Waals surface area contributed by atoms with Gasteiger partial charge in [0.05, 0.1) is 12.0 Å². The van der Waals surface area contributed by atoms with Gasteiger partial charge in [-0.1, -0.05) is 48.5 Å². The van der Waals surface area contributed by atoms with Gasteiger partial charge in [-0.2, -0.15) is 0 Å². The van der Waals surface area contributed by atoms with Crippen molar-refractivity contribution in [1.82, 2.24) is 0 Å². The molecule has 3 aromatic carbocycles. The highest BCUT2D eigenvalue weighted by molar-refractivity contribution is 6.04. The van der Waals surface area contributed by atoms with E-state index in [1.54, 1.807) is 43.3 Å². The largest absolute Gasteiger partial charge is 0.474 e. The van der Waals surface area contributed by atoms with E-state index in [1.807, 2.05) is 36.4 Å². The van der Waals surface area contributed by atoms with Gasteiger partial charge in [-0.3, -0.25) is 0 Å². The van der Waals surface area contributed by atoms with Crippen molar-refractivity contribution in [1.29, 1.82) is 0 Å². The summed E-state index contributed by atoms with van der Waals surface area (Å²) in [7, 11) is 0. The summed E-state index contributed by atoms with van der Waals surface area (Å²) in [6.07, 6.45) is -0.911. The van der Waals surface area contributed by atoms with Gasteiger partial charge in [-0.05, 0) is 30.5 Å². The Kier molecular flexibility index (Phi) is 4.81. The van der Waals surface area contributed by atoms with Crippen LogP contribution in [0.25, 0.3) is 21.7 Å². The van der Waals surface area contributed by atoms with E-state index in [-0.39, 0.29) is 6.61 Å². The van der Waals surface area contributed by atoms with E-state index in [1.165, 1.54) is 0 Å². The maximum atomic E-state index is 12.4. The summed E-state index contributed by atoms with van der Waals surface area (Å²) in [6.45, 7) is 2.00. The molecule has 1 aromatic heterocycles.